The van der Waals surface area contributed by atoms with Gasteiger partial charge in [-0.15, -0.1) is 0 Å². The highest BCUT2D eigenvalue weighted by Gasteiger charge is 2.33. The number of carbonyl (C=O) groups excluding carboxylic acids is 1. The van der Waals surface area contributed by atoms with Crippen molar-refractivity contribution >= 4 is 34.3 Å². The SMILES string of the molecule is C[C@H](Sc1ccc2ccccc2n1)C(=O)N1c2ccccc2C[C@H]1C. The van der Waals surface area contributed by atoms with Crippen LogP contribution in [0.1, 0.15) is 19.4 Å². The Balaban J connectivity index is 1.56. The number of hydrogen-bond acceptors (Lipinski definition) is 3. The van der Waals surface area contributed by atoms with Crippen molar-refractivity contribution < 1.29 is 4.79 Å². The molecule has 1 aliphatic rings. The number of pyridine rings is 1. The van der Waals surface area contributed by atoms with Crippen LogP contribution in [0.2, 0.25) is 0 Å². The normalized spacial score (nSPS) is 17.5. The zero-order valence-corrected chi connectivity index (χ0v) is 15.2. The smallest absolute Gasteiger partial charge is 0.240 e. The minimum Gasteiger partial charge on any atom is -0.308 e. The lowest BCUT2D eigenvalue weighted by molar-refractivity contribution is -0.118. The van der Waals surface area contributed by atoms with Gasteiger partial charge in [-0.05, 0) is 44.0 Å². The van der Waals surface area contributed by atoms with Crippen molar-refractivity contribution in [3.05, 3.63) is 66.2 Å². The summed E-state index contributed by atoms with van der Waals surface area (Å²) in [6.45, 7) is 4.08. The molecule has 0 unspecified atom stereocenters. The van der Waals surface area contributed by atoms with Crippen molar-refractivity contribution in [3.8, 4) is 0 Å². The average molecular weight is 348 g/mol. The molecule has 2 atom stereocenters. The molecule has 25 heavy (non-hydrogen) atoms. The van der Waals surface area contributed by atoms with E-state index in [1.807, 2.05) is 60.4 Å². The van der Waals surface area contributed by atoms with E-state index in [1.54, 1.807) is 0 Å². The predicted octanol–water partition coefficient (Wildman–Crippen LogP) is 4.69. The number of para-hydroxylation sites is 2. The number of benzene rings is 2. The van der Waals surface area contributed by atoms with Gasteiger partial charge in [-0.1, -0.05) is 54.2 Å². The first-order chi connectivity index (χ1) is 12.1. The first kappa shape index (κ1) is 16.2. The first-order valence-corrected chi connectivity index (χ1v) is 9.45. The van der Waals surface area contributed by atoms with Crippen LogP contribution in [-0.4, -0.2) is 22.2 Å². The van der Waals surface area contributed by atoms with Crippen LogP contribution < -0.4 is 4.90 Å². The molecule has 3 nitrogen and oxygen atoms in total. The Morgan fingerprint density at radius 1 is 1.12 bits per heavy atom. The molecule has 0 N–H and O–H groups in total. The summed E-state index contributed by atoms with van der Waals surface area (Å²) >= 11 is 1.53. The fraction of sp³-hybridized carbons (Fsp3) is 0.238. The molecule has 1 aromatic heterocycles. The summed E-state index contributed by atoms with van der Waals surface area (Å²) in [5, 5.41) is 1.83. The van der Waals surface area contributed by atoms with E-state index in [1.165, 1.54) is 17.3 Å². The van der Waals surface area contributed by atoms with Crippen molar-refractivity contribution in [2.24, 2.45) is 0 Å². The largest absolute Gasteiger partial charge is 0.308 e. The Hall–Kier alpha value is -2.33. The first-order valence-electron chi connectivity index (χ1n) is 8.57. The van der Waals surface area contributed by atoms with Crippen LogP contribution in [0.15, 0.2) is 65.7 Å². The van der Waals surface area contributed by atoms with Gasteiger partial charge in [-0.3, -0.25) is 4.79 Å². The molecule has 2 aromatic carbocycles. The summed E-state index contributed by atoms with van der Waals surface area (Å²) in [6.07, 6.45) is 0.924. The Labute approximate surface area is 152 Å². The minimum absolute atomic E-state index is 0.150. The van der Waals surface area contributed by atoms with E-state index in [2.05, 4.69) is 24.0 Å². The maximum atomic E-state index is 13.1. The third-order valence-corrected chi connectivity index (χ3v) is 5.69. The maximum Gasteiger partial charge on any atom is 0.240 e. The second-order valence-electron chi connectivity index (χ2n) is 6.49. The van der Waals surface area contributed by atoms with Crippen LogP contribution >= 0.6 is 11.8 Å². The summed E-state index contributed by atoms with van der Waals surface area (Å²) < 4.78 is 0. The number of nitrogens with zero attached hydrogens (tertiary/aromatic N) is 2. The molecular weight excluding hydrogens is 328 g/mol. The van der Waals surface area contributed by atoms with Gasteiger partial charge in [-0.2, -0.15) is 0 Å². The van der Waals surface area contributed by atoms with Gasteiger partial charge in [0.15, 0.2) is 0 Å². The highest BCUT2D eigenvalue weighted by molar-refractivity contribution is 8.00. The lowest BCUT2D eigenvalue weighted by Crippen LogP contribution is -2.40. The Morgan fingerprint density at radius 3 is 2.76 bits per heavy atom. The van der Waals surface area contributed by atoms with Gasteiger partial charge >= 0.3 is 0 Å². The van der Waals surface area contributed by atoms with E-state index in [0.29, 0.717) is 0 Å². The maximum absolute atomic E-state index is 13.1. The number of rotatable bonds is 3. The molecule has 3 aromatic rings. The monoisotopic (exact) mass is 348 g/mol. The second kappa shape index (κ2) is 6.52. The molecule has 0 fully saturated rings. The number of carbonyl (C=O) groups is 1. The van der Waals surface area contributed by atoms with Crippen molar-refractivity contribution in [2.75, 3.05) is 4.90 Å². The number of thioether (sulfide) groups is 1. The van der Waals surface area contributed by atoms with Gasteiger partial charge in [0, 0.05) is 17.1 Å². The third kappa shape index (κ3) is 3.02. The quantitative estimate of drug-likeness (QED) is 0.644. The fourth-order valence-corrected chi connectivity index (χ4v) is 4.32. The van der Waals surface area contributed by atoms with E-state index in [9.17, 15) is 4.79 Å². The number of anilines is 1. The van der Waals surface area contributed by atoms with Gasteiger partial charge in [0.05, 0.1) is 15.8 Å². The Morgan fingerprint density at radius 2 is 1.88 bits per heavy atom. The second-order valence-corrected chi connectivity index (χ2v) is 7.85. The summed E-state index contributed by atoms with van der Waals surface area (Å²) in [6, 6.07) is 20.5. The predicted molar refractivity (Wildman–Crippen MR) is 104 cm³/mol. The van der Waals surface area contributed by atoms with Crippen LogP contribution in [0.5, 0.6) is 0 Å². The molecule has 0 radical (unpaired) electrons. The van der Waals surface area contributed by atoms with E-state index in [4.69, 9.17) is 0 Å². The molecule has 1 aliphatic heterocycles. The van der Waals surface area contributed by atoms with Gasteiger partial charge < -0.3 is 4.90 Å². The topological polar surface area (TPSA) is 33.2 Å². The van der Waals surface area contributed by atoms with Crippen LogP contribution in [-0.2, 0) is 11.2 Å². The van der Waals surface area contributed by atoms with Crippen molar-refractivity contribution in [1.82, 2.24) is 4.98 Å². The number of aromatic nitrogens is 1. The Kier molecular flexibility index (Phi) is 4.22. The van der Waals surface area contributed by atoms with Crippen LogP contribution in [0.4, 0.5) is 5.69 Å². The average Bonchev–Trinajstić information content (AvgIpc) is 2.96. The minimum atomic E-state index is -0.178. The van der Waals surface area contributed by atoms with Gasteiger partial charge in [0.25, 0.3) is 0 Å². The molecule has 0 spiro atoms. The summed E-state index contributed by atoms with van der Waals surface area (Å²) in [7, 11) is 0. The molecule has 4 rings (SSSR count). The highest BCUT2D eigenvalue weighted by atomic mass is 32.2. The molecule has 2 heterocycles. The van der Waals surface area contributed by atoms with Crippen LogP contribution in [0, 0.1) is 0 Å². The molecular formula is C21H20N2OS. The van der Waals surface area contributed by atoms with Gasteiger partial charge in [0.1, 0.15) is 0 Å². The fourth-order valence-electron chi connectivity index (χ4n) is 3.44. The lowest BCUT2D eigenvalue weighted by atomic mass is 10.1. The van der Waals surface area contributed by atoms with Gasteiger partial charge in [-0.25, -0.2) is 4.98 Å². The van der Waals surface area contributed by atoms with E-state index in [0.717, 1.165) is 28.0 Å². The summed E-state index contributed by atoms with van der Waals surface area (Å²) in [4.78, 5) is 19.7. The van der Waals surface area contributed by atoms with Crippen molar-refractivity contribution in [1.29, 1.82) is 0 Å². The third-order valence-electron chi connectivity index (χ3n) is 4.66. The number of amides is 1. The summed E-state index contributed by atoms with van der Waals surface area (Å²) in [5.41, 5.74) is 3.27. The van der Waals surface area contributed by atoms with E-state index < -0.39 is 0 Å². The number of fused-ring (bicyclic) bond motifs is 2. The molecule has 0 aliphatic carbocycles. The molecule has 0 saturated carbocycles. The zero-order chi connectivity index (χ0) is 17.4. The van der Waals surface area contributed by atoms with Gasteiger partial charge in [0.2, 0.25) is 5.91 Å². The molecule has 4 heteroatoms. The zero-order valence-electron chi connectivity index (χ0n) is 14.3. The summed E-state index contributed by atoms with van der Waals surface area (Å²) in [5.74, 6) is 0.150. The van der Waals surface area contributed by atoms with Crippen molar-refractivity contribution in [2.45, 2.75) is 36.6 Å². The standard InChI is InChI=1S/C21H20N2OS/c1-14-13-17-8-4-6-10-19(17)23(14)21(24)15(2)25-20-12-11-16-7-3-5-9-18(16)22-20/h3-12,14-15H,13H2,1-2H3/t14-,15+/m1/s1. The van der Waals surface area contributed by atoms with E-state index in [-0.39, 0.29) is 17.2 Å². The molecule has 0 bridgehead atoms. The van der Waals surface area contributed by atoms with E-state index >= 15 is 0 Å². The Bertz CT molecular complexity index is 940. The molecule has 126 valence electrons. The van der Waals surface area contributed by atoms with Crippen LogP contribution in [0.3, 0.4) is 0 Å². The lowest BCUT2D eigenvalue weighted by Gasteiger charge is -2.25. The molecule has 1 amide bonds. The van der Waals surface area contributed by atoms with Crippen LogP contribution in [0.25, 0.3) is 10.9 Å². The number of hydrogen-bond donors (Lipinski definition) is 0. The molecule has 0 saturated heterocycles. The van der Waals surface area contributed by atoms with Crippen molar-refractivity contribution in [3.63, 3.8) is 0 Å². The highest BCUT2D eigenvalue weighted by Crippen LogP contribution is 2.34.